The van der Waals surface area contributed by atoms with Crippen LogP contribution in [-0.4, -0.2) is 46.1 Å². The minimum absolute atomic E-state index is 0.329. The van der Waals surface area contributed by atoms with Crippen LogP contribution in [-0.2, 0) is 6.42 Å². The lowest BCUT2D eigenvalue weighted by Crippen LogP contribution is -2.29. The number of nitrogens with one attached hydrogen (secondary N) is 1. The third kappa shape index (κ3) is 4.20. The SMILES string of the molecule is CC(C)N1CCc2c(NCCC3=CCC(O)C=C3)nc(C3CSC4=CC=CCC43)nc21. The van der Waals surface area contributed by atoms with Gasteiger partial charge < -0.3 is 15.3 Å². The molecule has 0 spiro atoms. The van der Waals surface area contributed by atoms with Crippen molar-refractivity contribution >= 4 is 23.4 Å². The van der Waals surface area contributed by atoms with Gasteiger partial charge in [0.2, 0.25) is 0 Å². The maximum Gasteiger partial charge on any atom is 0.137 e. The molecule has 1 aromatic rings. The van der Waals surface area contributed by atoms with Crippen molar-refractivity contribution in [1.29, 1.82) is 0 Å². The summed E-state index contributed by atoms with van der Waals surface area (Å²) in [5.41, 5.74) is 2.55. The summed E-state index contributed by atoms with van der Waals surface area (Å²) in [5, 5.41) is 13.3. The molecule has 4 aliphatic rings. The number of anilines is 2. The Morgan fingerprint density at radius 3 is 2.97 bits per heavy atom. The van der Waals surface area contributed by atoms with Gasteiger partial charge in [0.05, 0.1) is 6.10 Å². The molecule has 1 saturated heterocycles. The zero-order chi connectivity index (χ0) is 21.4. The molecule has 6 heteroatoms. The topological polar surface area (TPSA) is 61.3 Å². The number of aromatic nitrogens is 2. The maximum absolute atomic E-state index is 9.64. The molecule has 31 heavy (non-hydrogen) atoms. The molecule has 0 amide bonds. The number of allylic oxidation sites excluding steroid dienone is 5. The normalized spacial score (nSPS) is 26.7. The van der Waals surface area contributed by atoms with Crippen LogP contribution in [0.5, 0.6) is 0 Å². The van der Waals surface area contributed by atoms with Crippen molar-refractivity contribution < 1.29 is 5.11 Å². The Morgan fingerprint density at radius 2 is 2.16 bits per heavy atom. The van der Waals surface area contributed by atoms with E-state index < -0.39 is 0 Å². The number of thioether (sulfide) groups is 1. The van der Waals surface area contributed by atoms with Crippen LogP contribution in [0.3, 0.4) is 0 Å². The molecule has 0 radical (unpaired) electrons. The van der Waals surface area contributed by atoms with E-state index in [0.29, 0.717) is 24.3 Å². The summed E-state index contributed by atoms with van der Waals surface area (Å²) in [5.74, 6) is 5.14. The van der Waals surface area contributed by atoms with Crippen molar-refractivity contribution in [2.75, 3.05) is 29.1 Å². The average Bonchev–Trinajstić information content (AvgIpc) is 3.39. The summed E-state index contributed by atoms with van der Waals surface area (Å²) < 4.78 is 0. The quantitative estimate of drug-likeness (QED) is 0.680. The summed E-state index contributed by atoms with van der Waals surface area (Å²) >= 11 is 1.97. The first-order valence-corrected chi connectivity index (χ1v) is 12.5. The first-order valence-electron chi connectivity index (χ1n) is 11.6. The van der Waals surface area contributed by atoms with E-state index in [4.69, 9.17) is 9.97 Å². The first kappa shape index (κ1) is 20.8. The molecule has 5 rings (SSSR count). The Bertz CT molecular complexity index is 965. The fourth-order valence-corrected chi connectivity index (χ4v) is 6.38. The Morgan fingerprint density at radius 1 is 1.26 bits per heavy atom. The molecule has 0 saturated carbocycles. The standard InChI is InChI=1S/C25H32N4OS/c1-16(2)29-14-12-20-23(26-13-11-17-7-9-18(30)10-8-17)27-24(28-25(20)29)21-15-31-22-6-4-3-5-19(21)22/h3-4,6-9,16,18-19,21,30H,5,10-15H2,1-2H3,(H,26,27,28). The highest BCUT2D eigenvalue weighted by Crippen LogP contribution is 2.49. The Hall–Kier alpha value is -2.05. The van der Waals surface area contributed by atoms with Gasteiger partial charge in [-0.1, -0.05) is 42.0 Å². The van der Waals surface area contributed by atoms with E-state index in [-0.39, 0.29) is 6.10 Å². The average molecular weight is 437 g/mol. The van der Waals surface area contributed by atoms with Crippen LogP contribution in [0.25, 0.3) is 0 Å². The van der Waals surface area contributed by atoms with Gasteiger partial charge in [-0.05, 0) is 44.4 Å². The van der Waals surface area contributed by atoms with Crippen molar-refractivity contribution in [3.63, 3.8) is 0 Å². The summed E-state index contributed by atoms with van der Waals surface area (Å²) in [6.07, 6.45) is 16.2. The smallest absolute Gasteiger partial charge is 0.137 e. The van der Waals surface area contributed by atoms with E-state index in [2.05, 4.69) is 48.4 Å². The van der Waals surface area contributed by atoms with Crippen molar-refractivity contribution in [3.8, 4) is 0 Å². The van der Waals surface area contributed by atoms with E-state index in [9.17, 15) is 5.11 Å². The molecule has 3 atom stereocenters. The third-order valence-electron chi connectivity index (χ3n) is 6.76. The lowest BCUT2D eigenvalue weighted by molar-refractivity contribution is 0.225. The molecule has 1 aromatic heterocycles. The first-order chi connectivity index (χ1) is 15.1. The van der Waals surface area contributed by atoms with E-state index in [1.54, 1.807) is 0 Å². The third-order valence-corrected chi connectivity index (χ3v) is 8.06. The Balaban J connectivity index is 1.39. The van der Waals surface area contributed by atoms with Crippen molar-refractivity contribution in [3.05, 3.63) is 58.3 Å². The largest absolute Gasteiger partial charge is 0.389 e. The van der Waals surface area contributed by atoms with Crippen LogP contribution in [0.1, 0.15) is 50.4 Å². The maximum atomic E-state index is 9.64. The summed E-state index contributed by atoms with van der Waals surface area (Å²) in [4.78, 5) is 14.2. The predicted molar refractivity (Wildman–Crippen MR) is 130 cm³/mol. The van der Waals surface area contributed by atoms with Gasteiger partial charge in [-0.3, -0.25) is 0 Å². The zero-order valence-corrected chi connectivity index (χ0v) is 19.2. The molecule has 0 aromatic carbocycles. The predicted octanol–water partition coefficient (Wildman–Crippen LogP) is 4.59. The second-order valence-corrected chi connectivity index (χ2v) is 10.2. The minimum Gasteiger partial charge on any atom is -0.389 e. The molecule has 5 nitrogen and oxygen atoms in total. The molecule has 3 unspecified atom stereocenters. The van der Waals surface area contributed by atoms with Crippen LogP contribution >= 0.6 is 11.8 Å². The van der Waals surface area contributed by atoms with E-state index in [1.165, 1.54) is 16.0 Å². The lowest BCUT2D eigenvalue weighted by Gasteiger charge is -2.25. The van der Waals surface area contributed by atoms with Gasteiger partial charge in [0.15, 0.2) is 0 Å². The van der Waals surface area contributed by atoms with Crippen LogP contribution in [0.15, 0.2) is 46.9 Å². The van der Waals surface area contributed by atoms with Gasteiger partial charge in [0.25, 0.3) is 0 Å². The van der Waals surface area contributed by atoms with Gasteiger partial charge in [-0.2, -0.15) is 0 Å². The van der Waals surface area contributed by atoms with E-state index in [1.807, 2.05) is 23.9 Å². The number of aliphatic hydroxyl groups is 1. The monoisotopic (exact) mass is 436 g/mol. The number of rotatable bonds is 6. The highest BCUT2D eigenvalue weighted by Gasteiger charge is 2.37. The van der Waals surface area contributed by atoms with Crippen molar-refractivity contribution in [2.24, 2.45) is 5.92 Å². The summed E-state index contributed by atoms with van der Waals surface area (Å²) in [6, 6.07) is 0.437. The molecular formula is C25H32N4OS. The molecule has 2 aliphatic carbocycles. The molecular weight excluding hydrogens is 404 g/mol. The molecule has 2 N–H and O–H groups in total. The number of aliphatic hydroxyl groups excluding tert-OH is 1. The molecule has 3 heterocycles. The second-order valence-electron chi connectivity index (χ2n) is 9.14. The number of hydrogen-bond donors (Lipinski definition) is 2. The van der Waals surface area contributed by atoms with Crippen molar-refractivity contribution in [2.45, 2.75) is 57.6 Å². The van der Waals surface area contributed by atoms with Gasteiger partial charge in [0, 0.05) is 42.3 Å². The van der Waals surface area contributed by atoms with E-state index in [0.717, 1.165) is 55.6 Å². The van der Waals surface area contributed by atoms with Gasteiger partial charge >= 0.3 is 0 Å². The van der Waals surface area contributed by atoms with Gasteiger partial charge in [0.1, 0.15) is 17.5 Å². The summed E-state index contributed by atoms with van der Waals surface area (Å²) in [6.45, 7) is 6.35. The second kappa shape index (κ2) is 8.83. The zero-order valence-electron chi connectivity index (χ0n) is 18.4. The molecule has 0 bridgehead atoms. The highest BCUT2D eigenvalue weighted by molar-refractivity contribution is 8.03. The van der Waals surface area contributed by atoms with Crippen LogP contribution in [0.2, 0.25) is 0 Å². The van der Waals surface area contributed by atoms with Crippen LogP contribution < -0.4 is 10.2 Å². The number of fused-ring (bicyclic) bond motifs is 2. The summed E-state index contributed by atoms with van der Waals surface area (Å²) in [7, 11) is 0. The molecule has 164 valence electrons. The van der Waals surface area contributed by atoms with Crippen LogP contribution in [0, 0.1) is 5.92 Å². The van der Waals surface area contributed by atoms with Gasteiger partial charge in [-0.25, -0.2) is 9.97 Å². The Kier molecular flexibility index (Phi) is 5.93. The van der Waals surface area contributed by atoms with E-state index >= 15 is 0 Å². The fraction of sp³-hybridized carbons (Fsp3) is 0.520. The van der Waals surface area contributed by atoms with Crippen molar-refractivity contribution in [1.82, 2.24) is 9.97 Å². The molecule has 2 aliphatic heterocycles. The number of nitrogens with zero attached hydrogens (tertiary/aromatic N) is 3. The van der Waals surface area contributed by atoms with Crippen LogP contribution in [0.4, 0.5) is 11.6 Å². The minimum atomic E-state index is -0.329. The highest BCUT2D eigenvalue weighted by atomic mass is 32.2. The van der Waals surface area contributed by atoms with Gasteiger partial charge in [-0.15, -0.1) is 11.8 Å². The molecule has 1 fully saturated rings. The number of hydrogen-bond acceptors (Lipinski definition) is 6. The lowest BCUT2D eigenvalue weighted by atomic mass is 9.87. The Labute approximate surface area is 189 Å². The fourth-order valence-electron chi connectivity index (χ4n) is 4.98.